The van der Waals surface area contributed by atoms with Crippen LogP contribution >= 0.6 is 0 Å². The fraction of sp³-hybridized carbons (Fsp3) is 0.538. The van der Waals surface area contributed by atoms with Gasteiger partial charge >= 0.3 is 0 Å². The third kappa shape index (κ3) is 3.38. The van der Waals surface area contributed by atoms with Gasteiger partial charge < -0.3 is 4.43 Å². The molecule has 0 saturated heterocycles. The molecule has 0 spiro atoms. The fourth-order valence-corrected chi connectivity index (χ4v) is 2.37. The Morgan fingerprint density at radius 2 is 1.47 bits per heavy atom. The summed E-state index contributed by atoms with van der Waals surface area (Å²) in [6.45, 7) is 13.3. The average molecular weight is 222 g/mol. The highest BCUT2D eigenvalue weighted by atomic mass is 28.4. The number of aryl methyl sites for hydroxylation is 2. The maximum Gasteiger partial charge on any atom is 0.247 e. The molecule has 84 valence electrons. The predicted molar refractivity (Wildman–Crippen MR) is 69.1 cm³/mol. The van der Waals surface area contributed by atoms with E-state index < -0.39 is 8.32 Å². The molecule has 0 aliphatic heterocycles. The summed E-state index contributed by atoms with van der Waals surface area (Å²) in [5, 5.41) is 0. The highest BCUT2D eigenvalue weighted by Crippen LogP contribution is 2.26. The third-order valence-corrected chi connectivity index (χ3v) is 6.51. The lowest BCUT2D eigenvalue weighted by molar-refractivity contribution is 0.532. The van der Waals surface area contributed by atoms with Gasteiger partial charge in [0.2, 0.25) is 8.32 Å². The van der Waals surface area contributed by atoms with Crippen LogP contribution in [0.1, 0.15) is 25.0 Å². The molecule has 15 heavy (non-hydrogen) atoms. The van der Waals surface area contributed by atoms with Crippen molar-refractivity contribution >= 4 is 8.32 Å². The van der Waals surface area contributed by atoms with Crippen LogP contribution in [0.2, 0.25) is 18.6 Å². The lowest BCUT2D eigenvalue weighted by Crippen LogP contribution is -2.37. The van der Waals surface area contributed by atoms with E-state index in [1.165, 1.54) is 11.1 Å². The minimum Gasteiger partial charge on any atom is -0.544 e. The molecule has 0 heterocycles. The zero-order valence-corrected chi connectivity index (χ0v) is 11.7. The maximum absolute atomic E-state index is 6.16. The van der Waals surface area contributed by atoms with Crippen molar-refractivity contribution < 1.29 is 4.43 Å². The summed E-state index contributed by atoms with van der Waals surface area (Å²) in [5.41, 5.74) is 3.19. The van der Waals surface area contributed by atoms with Crippen LogP contribution in [-0.4, -0.2) is 8.32 Å². The molecule has 0 fully saturated rings. The fourth-order valence-electron chi connectivity index (χ4n) is 1.41. The van der Waals surface area contributed by atoms with Gasteiger partial charge in [-0.2, -0.15) is 0 Å². The SMILES string of the molecule is Cc1cc(C)cc(O[Si](C)(C)C(C)C)c1. The van der Waals surface area contributed by atoms with Gasteiger partial charge in [-0.3, -0.25) is 0 Å². The zero-order chi connectivity index (χ0) is 11.6. The maximum atomic E-state index is 6.16. The molecule has 0 N–H and O–H groups in total. The van der Waals surface area contributed by atoms with Gasteiger partial charge in [-0.1, -0.05) is 19.9 Å². The Bertz CT molecular complexity index is 322. The van der Waals surface area contributed by atoms with Crippen LogP contribution in [-0.2, 0) is 0 Å². The number of hydrogen-bond donors (Lipinski definition) is 0. The van der Waals surface area contributed by atoms with Crippen molar-refractivity contribution in [2.45, 2.75) is 46.3 Å². The Morgan fingerprint density at radius 3 is 1.87 bits per heavy atom. The van der Waals surface area contributed by atoms with Gasteiger partial charge in [-0.05, 0) is 55.7 Å². The quantitative estimate of drug-likeness (QED) is 0.693. The van der Waals surface area contributed by atoms with Gasteiger partial charge in [0.15, 0.2) is 0 Å². The monoisotopic (exact) mass is 222 g/mol. The summed E-state index contributed by atoms with van der Waals surface area (Å²) < 4.78 is 6.16. The molecule has 0 aliphatic carbocycles. The van der Waals surface area contributed by atoms with Crippen LogP contribution < -0.4 is 4.43 Å². The third-order valence-electron chi connectivity index (χ3n) is 2.97. The molecule has 0 aliphatic rings. The highest BCUT2D eigenvalue weighted by molar-refractivity contribution is 6.73. The Labute approximate surface area is 94.6 Å². The van der Waals surface area contributed by atoms with E-state index >= 15 is 0 Å². The molecule has 1 aromatic carbocycles. The molecule has 0 amide bonds. The van der Waals surface area contributed by atoms with E-state index in [2.05, 4.69) is 59.0 Å². The standard InChI is InChI=1S/C13H22OSi/c1-10(2)15(5,6)14-13-8-11(3)7-12(4)9-13/h7-10H,1-6H3. The van der Waals surface area contributed by atoms with Gasteiger partial charge in [0.25, 0.3) is 0 Å². The van der Waals surface area contributed by atoms with Crippen LogP contribution in [0.3, 0.4) is 0 Å². The first-order valence-corrected chi connectivity index (χ1v) is 8.57. The normalized spacial score (nSPS) is 11.9. The van der Waals surface area contributed by atoms with Crippen molar-refractivity contribution in [3.8, 4) is 5.75 Å². The van der Waals surface area contributed by atoms with E-state index in [4.69, 9.17) is 4.43 Å². The molecule has 0 atom stereocenters. The number of hydrogen-bond acceptors (Lipinski definition) is 1. The molecule has 2 heteroatoms. The van der Waals surface area contributed by atoms with Crippen LogP contribution in [0.15, 0.2) is 18.2 Å². The second-order valence-corrected chi connectivity index (χ2v) is 9.75. The van der Waals surface area contributed by atoms with Gasteiger partial charge in [0.1, 0.15) is 5.75 Å². The van der Waals surface area contributed by atoms with E-state index in [1.807, 2.05) is 0 Å². The van der Waals surface area contributed by atoms with Crippen molar-refractivity contribution in [2.24, 2.45) is 0 Å². The van der Waals surface area contributed by atoms with Crippen LogP contribution in [0.4, 0.5) is 0 Å². The van der Waals surface area contributed by atoms with E-state index in [9.17, 15) is 0 Å². The topological polar surface area (TPSA) is 9.23 Å². The van der Waals surface area contributed by atoms with Crippen LogP contribution in [0.5, 0.6) is 5.75 Å². The molecule has 0 saturated carbocycles. The minimum atomic E-state index is -1.57. The summed E-state index contributed by atoms with van der Waals surface area (Å²) in [7, 11) is -1.57. The summed E-state index contributed by atoms with van der Waals surface area (Å²) in [5.74, 6) is 1.04. The summed E-state index contributed by atoms with van der Waals surface area (Å²) in [4.78, 5) is 0. The van der Waals surface area contributed by atoms with Gasteiger partial charge in [0, 0.05) is 0 Å². The Hall–Kier alpha value is -0.763. The molecule has 0 bridgehead atoms. The van der Waals surface area contributed by atoms with E-state index in [0.717, 1.165) is 5.75 Å². The van der Waals surface area contributed by atoms with Gasteiger partial charge in [0.05, 0.1) is 0 Å². The molecular weight excluding hydrogens is 200 g/mol. The second kappa shape index (κ2) is 4.39. The van der Waals surface area contributed by atoms with Crippen molar-refractivity contribution in [3.63, 3.8) is 0 Å². The number of benzene rings is 1. The smallest absolute Gasteiger partial charge is 0.247 e. The molecule has 1 nitrogen and oxygen atoms in total. The van der Waals surface area contributed by atoms with Crippen LogP contribution in [0.25, 0.3) is 0 Å². The lowest BCUT2D eigenvalue weighted by atomic mass is 10.1. The van der Waals surface area contributed by atoms with Crippen molar-refractivity contribution in [2.75, 3.05) is 0 Å². The first kappa shape index (κ1) is 12.3. The molecule has 0 unspecified atom stereocenters. The Balaban J connectivity index is 2.89. The van der Waals surface area contributed by atoms with Crippen molar-refractivity contribution in [1.29, 1.82) is 0 Å². The van der Waals surface area contributed by atoms with Crippen LogP contribution in [0, 0.1) is 13.8 Å². The summed E-state index contributed by atoms with van der Waals surface area (Å²) >= 11 is 0. The average Bonchev–Trinajstić information content (AvgIpc) is 1.99. The Morgan fingerprint density at radius 1 is 1.00 bits per heavy atom. The zero-order valence-electron chi connectivity index (χ0n) is 10.7. The number of rotatable bonds is 3. The molecule has 1 rings (SSSR count). The largest absolute Gasteiger partial charge is 0.544 e. The van der Waals surface area contributed by atoms with Crippen molar-refractivity contribution in [1.82, 2.24) is 0 Å². The van der Waals surface area contributed by atoms with E-state index in [0.29, 0.717) is 5.54 Å². The molecule has 0 aromatic heterocycles. The van der Waals surface area contributed by atoms with Gasteiger partial charge in [-0.25, -0.2) is 0 Å². The van der Waals surface area contributed by atoms with Gasteiger partial charge in [-0.15, -0.1) is 0 Å². The minimum absolute atomic E-state index is 0.637. The summed E-state index contributed by atoms with van der Waals surface area (Å²) in [6, 6.07) is 6.44. The molecule has 1 aromatic rings. The Kier molecular flexibility index (Phi) is 3.61. The highest BCUT2D eigenvalue weighted by Gasteiger charge is 2.28. The first-order valence-electron chi connectivity index (χ1n) is 5.58. The predicted octanol–water partition coefficient (Wildman–Crippen LogP) is 4.30. The second-order valence-electron chi connectivity index (χ2n) is 5.18. The van der Waals surface area contributed by atoms with E-state index in [-0.39, 0.29) is 0 Å². The first-order chi connectivity index (χ1) is 6.81. The molecule has 0 radical (unpaired) electrons. The van der Waals surface area contributed by atoms with Crippen molar-refractivity contribution in [3.05, 3.63) is 29.3 Å². The summed E-state index contributed by atoms with van der Waals surface area (Å²) in [6.07, 6.45) is 0. The lowest BCUT2D eigenvalue weighted by Gasteiger charge is -2.28. The molecular formula is C13H22OSi. The van der Waals surface area contributed by atoms with E-state index in [1.54, 1.807) is 0 Å².